The Labute approximate surface area is 90.5 Å². The molecule has 0 aliphatic heterocycles. The molecule has 1 aromatic rings. The summed E-state index contributed by atoms with van der Waals surface area (Å²) in [5.74, 6) is 3.84. The van der Waals surface area contributed by atoms with Crippen molar-refractivity contribution < 1.29 is 0 Å². The number of nitrogens with zero attached hydrogens (tertiary/aromatic N) is 1. The third-order valence-corrected chi connectivity index (χ3v) is 4.15. The molecule has 3 N–H and O–H groups in total. The highest BCUT2D eigenvalue weighted by atomic mass is 14.9. The summed E-state index contributed by atoms with van der Waals surface area (Å²) in [6.45, 7) is 0.707. The van der Waals surface area contributed by atoms with Crippen LogP contribution in [-0.2, 0) is 6.42 Å². The van der Waals surface area contributed by atoms with E-state index in [4.69, 9.17) is 5.73 Å². The first-order valence-electron chi connectivity index (χ1n) is 6.10. The normalized spacial score (nSPS) is 33.8. The molecule has 3 atom stereocenters. The maximum Gasteiger partial charge on any atom is 0.109 e. The molecule has 2 bridgehead atoms. The zero-order chi connectivity index (χ0) is 10.3. The van der Waals surface area contributed by atoms with Gasteiger partial charge in [-0.2, -0.15) is 0 Å². The van der Waals surface area contributed by atoms with Crippen LogP contribution in [0.15, 0.2) is 6.20 Å². The Morgan fingerprint density at radius 3 is 3.00 bits per heavy atom. The van der Waals surface area contributed by atoms with Crippen molar-refractivity contribution in [3.05, 3.63) is 17.7 Å². The summed E-state index contributed by atoms with van der Waals surface area (Å²) in [7, 11) is 0. The zero-order valence-corrected chi connectivity index (χ0v) is 9.08. The van der Waals surface area contributed by atoms with E-state index in [2.05, 4.69) is 9.97 Å². The molecular formula is C12H19N3. The molecule has 3 rings (SSSR count). The van der Waals surface area contributed by atoms with Gasteiger partial charge >= 0.3 is 0 Å². The molecule has 15 heavy (non-hydrogen) atoms. The number of imidazole rings is 1. The SMILES string of the molecule is NCCc1cnc(C2C[C@@H]3CC[C@H]2C3)[nH]1. The fourth-order valence-electron chi connectivity index (χ4n) is 3.43. The molecule has 0 amide bonds. The average Bonchev–Trinajstić information content (AvgIpc) is 2.91. The van der Waals surface area contributed by atoms with Gasteiger partial charge in [0.15, 0.2) is 0 Å². The Bertz CT molecular complexity index is 344. The van der Waals surface area contributed by atoms with Gasteiger partial charge < -0.3 is 10.7 Å². The number of hydrogen-bond donors (Lipinski definition) is 2. The molecule has 0 spiro atoms. The summed E-state index contributed by atoms with van der Waals surface area (Å²) in [6, 6.07) is 0. The van der Waals surface area contributed by atoms with Crippen LogP contribution < -0.4 is 5.73 Å². The highest BCUT2D eigenvalue weighted by molar-refractivity contribution is 5.11. The van der Waals surface area contributed by atoms with Crippen LogP contribution in [0.4, 0.5) is 0 Å². The Balaban J connectivity index is 1.75. The Morgan fingerprint density at radius 1 is 1.40 bits per heavy atom. The van der Waals surface area contributed by atoms with E-state index in [9.17, 15) is 0 Å². The van der Waals surface area contributed by atoms with E-state index >= 15 is 0 Å². The van der Waals surface area contributed by atoms with Gasteiger partial charge in [0.05, 0.1) is 0 Å². The minimum Gasteiger partial charge on any atom is -0.346 e. The van der Waals surface area contributed by atoms with E-state index in [0.29, 0.717) is 6.54 Å². The van der Waals surface area contributed by atoms with E-state index in [1.807, 2.05) is 6.20 Å². The van der Waals surface area contributed by atoms with Crippen molar-refractivity contribution in [1.29, 1.82) is 0 Å². The number of fused-ring (bicyclic) bond motifs is 2. The summed E-state index contributed by atoms with van der Waals surface area (Å²) in [4.78, 5) is 7.97. The number of aromatic amines is 1. The number of H-pyrrole nitrogens is 1. The van der Waals surface area contributed by atoms with E-state index in [1.54, 1.807) is 0 Å². The Morgan fingerprint density at radius 2 is 2.33 bits per heavy atom. The summed E-state index contributed by atoms with van der Waals surface area (Å²) >= 11 is 0. The van der Waals surface area contributed by atoms with Crippen LogP contribution in [-0.4, -0.2) is 16.5 Å². The lowest BCUT2D eigenvalue weighted by Gasteiger charge is -2.19. The van der Waals surface area contributed by atoms with Crippen molar-refractivity contribution in [2.75, 3.05) is 6.54 Å². The molecule has 3 nitrogen and oxygen atoms in total. The van der Waals surface area contributed by atoms with E-state index in [1.165, 1.54) is 37.2 Å². The molecule has 82 valence electrons. The molecule has 1 heterocycles. The monoisotopic (exact) mass is 205 g/mol. The van der Waals surface area contributed by atoms with Crippen LogP contribution in [0.2, 0.25) is 0 Å². The number of hydrogen-bond acceptors (Lipinski definition) is 2. The number of aromatic nitrogens is 2. The third-order valence-electron chi connectivity index (χ3n) is 4.15. The van der Waals surface area contributed by atoms with Crippen LogP contribution in [0.5, 0.6) is 0 Å². The van der Waals surface area contributed by atoms with Crippen molar-refractivity contribution in [2.45, 2.75) is 38.0 Å². The molecule has 0 aromatic carbocycles. The highest BCUT2D eigenvalue weighted by Crippen LogP contribution is 2.52. The first kappa shape index (κ1) is 9.40. The van der Waals surface area contributed by atoms with Crippen LogP contribution in [0.25, 0.3) is 0 Å². The lowest BCUT2D eigenvalue weighted by Crippen LogP contribution is -2.10. The third kappa shape index (κ3) is 1.59. The molecule has 1 unspecified atom stereocenters. The van der Waals surface area contributed by atoms with Crippen molar-refractivity contribution in [1.82, 2.24) is 9.97 Å². The van der Waals surface area contributed by atoms with Gasteiger partial charge in [0, 0.05) is 24.2 Å². The molecule has 0 saturated heterocycles. The van der Waals surface area contributed by atoms with E-state index < -0.39 is 0 Å². The fraction of sp³-hybridized carbons (Fsp3) is 0.750. The second-order valence-electron chi connectivity index (χ2n) is 5.11. The topological polar surface area (TPSA) is 54.7 Å². The minimum absolute atomic E-state index is 0.707. The van der Waals surface area contributed by atoms with Crippen molar-refractivity contribution >= 4 is 0 Å². The van der Waals surface area contributed by atoms with Gasteiger partial charge in [0.2, 0.25) is 0 Å². The highest BCUT2D eigenvalue weighted by Gasteiger charge is 2.41. The predicted molar refractivity (Wildman–Crippen MR) is 59.5 cm³/mol. The zero-order valence-electron chi connectivity index (χ0n) is 9.08. The molecule has 2 fully saturated rings. The second-order valence-corrected chi connectivity index (χ2v) is 5.11. The maximum atomic E-state index is 5.54. The molecule has 0 radical (unpaired) electrons. The molecule has 2 aliphatic rings. The summed E-state index contributed by atoms with van der Waals surface area (Å²) in [5, 5.41) is 0. The van der Waals surface area contributed by atoms with E-state index in [0.717, 1.165) is 24.2 Å². The smallest absolute Gasteiger partial charge is 0.109 e. The first-order valence-corrected chi connectivity index (χ1v) is 6.10. The van der Waals surface area contributed by atoms with Gasteiger partial charge in [-0.05, 0) is 37.6 Å². The summed E-state index contributed by atoms with van der Waals surface area (Å²) < 4.78 is 0. The quantitative estimate of drug-likeness (QED) is 0.790. The van der Waals surface area contributed by atoms with Gasteiger partial charge in [0.1, 0.15) is 5.82 Å². The van der Waals surface area contributed by atoms with E-state index in [-0.39, 0.29) is 0 Å². The van der Waals surface area contributed by atoms with Crippen LogP contribution in [0.1, 0.15) is 43.1 Å². The Hall–Kier alpha value is -0.830. The largest absolute Gasteiger partial charge is 0.346 e. The van der Waals surface area contributed by atoms with Crippen molar-refractivity contribution in [3.8, 4) is 0 Å². The van der Waals surface area contributed by atoms with Gasteiger partial charge in [-0.25, -0.2) is 4.98 Å². The van der Waals surface area contributed by atoms with Crippen LogP contribution >= 0.6 is 0 Å². The van der Waals surface area contributed by atoms with Crippen molar-refractivity contribution in [3.63, 3.8) is 0 Å². The summed E-state index contributed by atoms with van der Waals surface area (Å²) in [6.07, 6.45) is 8.57. The number of rotatable bonds is 3. The van der Waals surface area contributed by atoms with Gasteiger partial charge in [-0.1, -0.05) is 6.42 Å². The average molecular weight is 205 g/mol. The molecular weight excluding hydrogens is 186 g/mol. The maximum absolute atomic E-state index is 5.54. The molecule has 2 aliphatic carbocycles. The Kier molecular flexibility index (Phi) is 2.28. The predicted octanol–water partition coefficient (Wildman–Crippen LogP) is 1.81. The standard InChI is InChI=1S/C12H19N3/c13-4-3-10-7-14-12(15-10)11-6-8-1-2-9(11)5-8/h7-9,11H,1-6,13H2,(H,14,15)/t8-,9+,11?/m1/s1. The van der Waals surface area contributed by atoms with Gasteiger partial charge in [0.25, 0.3) is 0 Å². The fourth-order valence-corrected chi connectivity index (χ4v) is 3.43. The number of nitrogens with one attached hydrogen (secondary N) is 1. The van der Waals surface area contributed by atoms with Gasteiger partial charge in [-0.3, -0.25) is 0 Å². The lowest BCUT2D eigenvalue weighted by molar-refractivity contribution is 0.407. The number of nitrogens with two attached hydrogens (primary N) is 1. The lowest BCUT2D eigenvalue weighted by atomic mass is 9.88. The first-order chi connectivity index (χ1) is 7.36. The molecule has 3 heteroatoms. The second kappa shape index (κ2) is 3.63. The van der Waals surface area contributed by atoms with Gasteiger partial charge in [-0.15, -0.1) is 0 Å². The molecule has 1 aromatic heterocycles. The van der Waals surface area contributed by atoms with Crippen molar-refractivity contribution in [2.24, 2.45) is 17.6 Å². The molecule has 2 saturated carbocycles. The summed E-state index contributed by atoms with van der Waals surface area (Å²) in [5.41, 5.74) is 6.74. The van der Waals surface area contributed by atoms with Crippen LogP contribution in [0.3, 0.4) is 0 Å². The van der Waals surface area contributed by atoms with Crippen LogP contribution in [0, 0.1) is 11.8 Å². The minimum atomic E-state index is 0.707.